The van der Waals surface area contributed by atoms with Crippen molar-refractivity contribution in [1.82, 2.24) is 10.2 Å². The summed E-state index contributed by atoms with van der Waals surface area (Å²) in [5.41, 5.74) is 2.25. The van der Waals surface area contributed by atoms with E-state index in [9.17, 15) is 22.4 Å². The van der Waals surface area contributed by atoms with Gasteiger partial charge in [-0.25, -0.2) is 12.8 Å². The molecule has 0 aromatic heterocycles. The van der Waals surface area contributed by atoms with E-state index in [1.807, 2.05) is 13.0 Å². The van der Waals surface area contributed by atoms with Crippen LogP contribution >= 0.6 is 0 Å². The van der Waals surface area contributed by atoms with Gasteiger partial charge in [-0.3, -0.25) is 13.9 Å². The van der Waals surface area contributed by atoms with Crippen molar-refractivity contribution in [3.8, 4) is 0 Å². The van der Waals surface area contributed by atoms with E-state index >= 15 is 0 Å². The number of hydrogen-bond acceptors (Lipinski definition) is 4. The lowest BCUT2D eigenvalue weighted by molar-refractivity contribution is -0.139. The Bertz CT molecular complexity index is 1070. The Labute approximate surface area is 182 Å². The average Bonchev–Trinajstić information content (AvgIpc) is 2.70. The molecular weight excluding hydrogens is 421 g/mol. The number of carbonyl (C=O) groups excluding carboxylic acids is 2. The quantitative estimate of drug-likeness (QED) is 0.670. The van der Waals surface area contributed by atoms with Crippen LogP contribution in [0.3, 0.4) is 0 Å². The Balaban J connectivity index is 2.43. The maximum atomic E-state index is 14.2. The molecule has 7 nitrogen and oxygen atoms in total. The number of rotatable bonds is 8. The van der Waals surface area contributed by atoms with Crippen molar-refractivity contribution in [3.05, 3.63) is 65.0 Å². The van der Waals surface area contributed by atoms with Crippen molar-refractivity contribution >= 4 is 27.5 Å². The number of hydrogen-bond donors (Lipinski definition) is 1. The number of likely N-dealkylation sites (N-methyl/N-ethyl adjacent to an activating group) is 1. The highest BCUT2D eigenvalue weighted by Crippen LogP contribution is 2.24. The van der Waals surface area contributed by atoms with Gasteiger partial charge >= 0.3 is 0 Å². The molecule has 2 aromatic rings. The van der Waals surface area contributed by atoms with Gasteiger partial charge in [-0.1, -0.05) is 35.9 Å². The van der Waals surface area contributed by atoms with Gasteiger partial charge in [0.1, 0.15) is 18.4 Å². The monoisotopic (exact) mass is 449 g/mol. The van der Waals surface area contributed by atoms with Gasteiger partial charge in [-0.05, 0) is 38.5 Å². The number of halogens is 1. The zero-order valence-corrected chi connectivity index (χ0v) is 19.2. The number of anilines is 1. The zero-order valence-electron chi connectivity index (χ0n) is 18.3. The lowest BCUT2D eigenvalue weighted by Gasteiger charge is -2.31. The van der Waals surface area contributed by atoms with Crippen LogP contribution in [0.15, 0.2) is 42.5 Å². The molecule has 2 amide bonds. The van der Waals surface area contributed by atoms with E-state index in [-0.39, 0.29) is 12.1 Å². The second kappa shape index (κ2) is 9.91. The first-order valence-electron chi connectivity index (χ1n) is 9.75. The summed E-state index contributed by atoms with van der Waals surface area (Å²) in [6, 6.07) is 10.2. The topological polar surface area (TPSA) is 86.8 Å². The van der Waals surface area contributed by atoms with Crippen molar-refractivity contribution in [2.45, 2.75) is 33.4 Å². The second-order valence-corrected chi connectivity index (χ2v) is 9.37. The molecule has 0 aliphatic carbocycles. The molecule has 0 heterocycles. The Morgan fingerprint density at radius 1 is 1.13 bits per heavy atom. The van der Waals surface area contributed by atoms with Gasteiger partial charge in [0.15, 0.2) is 0 Å². The van der Waals surface area contributed by atoms with Crippen molar-refractivity contribution in [3.63, 3.8) is 0 Å². The predicted octanol–water partition coefficient (Wildman–Crippen LogP) is 2.37. The van der Waals surface area contributed by atoms with E-state index in [0.29, 0.717) is 11.3 Å². The summed E-state index contributed by atoms with van der Waals surface area (Å²) >= 11 is 0. The van der Waals surface area contributed by atoms with E-state index < -0.39 is 40.2 Å². The maximum Gasteiger partial charge on any atom is 0.244 e. The summed E-state index contributed by atoms with van der Waals surface area (Å²) in [7, 11) is -2.37. The molecule has 0 aliphatic rings. The molecule has 31 heavy (non-hydrogen) atoms. The third-order valence-corrected chi connectivity index (χ3v) is 6.14. The summed E-state index contributed by atoms with van der Waals surface area (Å²) in [5, 5.41) is 2.47. The fraction of sp³-hybridized carbons (Fsp3) is 0.364. The molecule has 2 aromatic carbocycles. The normalized spacial score (nSPS) is 12.2. The largest absolute Gasteiger partial charge is 0.357 e. The fourth-order valence-corrected chi connectivity index (χ4v) is 4.19. The van der Waals surface area contributed by atoms with Crippen LogP contribution < -0.4 is 9.62 Å². The molecule has 1 atom stereocenters. The van der Waals surface area contributed by atoms with Gasteiger partial charge in [0, 0.05) is 19.2 Å². The van der Waals surface area contributed by atoms with Crippen molar-refractivity contribution in [2.24, 2.45) is 0 Å². The predicted molar refractivity (Wildman–Crippen MR) is 119 cm³/mol. The first-order chi connectivity index (χ1) is 14.5. The Morgan fingerprint density at radius 3 is 2.32 bits per heavy atom. The van der Waals surface area contributed by atoms with Crippen LogP contribution in [0.4, 0.5) is 10.1 Å². The smallest absolute Gasteiger partial charge is 0.244 e. The molecule has 0 fully saturated rings. The molecule has 0 aliphatic heterocycles. The summed E-state index contributed by atoms with van der Waals surface area (Å²) in [6.07, 6.45) is 1.02. The van der Waals surface area contributed by atoms with Crippen LogP contribution in [0.25, 0.3) is 0 Å². The number of carbonyl (C=O) groups is 2. The summed E-state index contributed by atoms with van der Waals surface area (Å²) in [5.74, 6) is -1.58. The minimum Gasteiger partial charge on any atom is -0.357 e. The molecule has 0 saturated heterocycles. The molecule has 9 heteroatoms. The van der Waals surface area contributed by atoms with Crippen LogP contribution in [0.2, 0.25) is 0 Å². The number of amides is 2. The molecular formula is C22H28FN3O4S. The number of aryl methyl sites for hydroxylation is 2. The first kappa shape index (κ1) is 24.3. The molecule has 2 rings (SSSR count). The van der Waals surface area contributed by atoms with Crippen molar-refractivity contribution in [2.75, 3.05) is 24.2 Å². The number of nitrogens with one attached hydrogen (secondary N) is 1. The van der Waals surface area contributed by atoms with Gasteiger partial charge in [0.25, 0.3) is 0 Å². The molecule has 1 N–H and O–H groups in total. The zero-order chi connectivity index (χ0) is 23.3. The highest BCUT2D eigenvalue weighted by Gasteiger charge is 2.30. The van der Waals surface area contributed by atoms with E-state index in [4.69, 9.17) is 0 Å². The molecule has 1 unspecified atom stereocenters. The third-order valence-electron chi connectivity index (χ3n) is 5.01. The third kappa shape index (κ3) is 6.04. The van der Waals surface area contributed by atoms with E-state index in [2.05, 4.69) is 5.32 Å². The van der Waals surface area contributed by atoms with E-state index in [0.717, 1.165) is 16.1 Å². The average molecular weight is 450 g/mol. The van der Waals surface area contributed by atoms with Crippen LogP contribution in [-0.2, 0) is 26.2 Å². The molecule has 0 spiro atoms. The summed E-state index contributed by atoms with van der Waals surface area (Å²) < 4.78 is 40.3. The molecule has 168 valence electrons. The molecule has 0 radical (unpaired) electrons. The Morgan fingerprint density at radius 2 is 1.77 bits per heavy atom. The summed E-state index contributed by atoms with van der Waals surface area (Å²) in [6.45, 7) is 4.46. The van der Waals surface area contributed by atoms with Gasteiger partial charge < -0.3 is 10.2 Å². The van der Waals surface area contributed by atoms with Crippen molar-refractivity contribution in [1.29, 1.82) is 0 Å². The fourth-order valence-electron chi connectivity index (χ4n) is 3.28. The lowest BCUT2D eigenvalue weighted by Crippen LogP contribution is -2.50. The van der Waals surface area contributed by atoms with Gasteiger partial charge in [-0.2, -0.15) is 0 Å². The van der Waals surface area contributed by atoms with Gasteiger partial charge in [0.2, 0.25) is 21.8 Å². The van der Waals surface area contributed by atoms with Gasteiger partial charge in [0.05, 0.1) is 11.9 Å². The van der Waals surface area contributed by atoms with Crippen LogP contribution in [0.1, 0.15) is 23.6 Å². The van der Waals surface area contributed by atoms with Crippen LogP contribution in [0, 0.1) is 19.7 Å². The minimum absolute atomic E-state index is 0.176. The summed E-state index contributed by atoms with van der Waals surface area (Å²) in [4.78, 5) is 26.7. The SMILES string of the molecule is CNC(=O)C(C)N(Cc1ccccc1F)C(=O)CN(c1ccc(C)cc1C)S(C)(=O)=O. The van der Waals surface area contributed by atoms with Crippen molar-refractivity contribution < 1.29 is 22.4 Å². The molecule has 0 bridgehead atoms. The molecule has 0 saturated carbocycles. The lowest BCUT2D eigenvalue weighted by atomic mass is 10.1. The van der Waals surface area contributed by atoms with E-state index in [1.54, 1.807) is 25.1 Å². The first-order valence-corrected chi connectivity index (χ1v) is 11.6. The number of benzene rings is 2. The number of sulfonamides is 1. The standard InChI is InChI=1S/C22H28FN3O4S/c1-15-10-11-20(16(2)12-15)26(31(5,29)30)14-21(27)25(17(3)22(28)24-4)13-18-8-6-7-9-19(18)23/h6-12,17H,13-14H2,1-5H3,(H,24,28). The van der Waals surface area contributed by atoms with Crippen LogP contribution in [-0.4, -0.2) is 51.0 Å². The Kier molecular flexibility index (Phi) is 7.78. The number of nitrogens with zero attached hydrogens (tertiary/aromatic N) is 2. The highest BCUT2D eigenvalue weighted by molar-refractivity contribution is 7.92. The highest BCUT2D eigenvalue weighted by atomic mass is 32.2. The Hall–Kier alpha value is -2.94. The van der Waals surface area contributed by atoms with E-state index in [1.165, 1.54) is 37.1 Å². The second-order valence-electron chi connectivity index (χ2n) is 7.46. The minimum atomic E-state index is -3.80. The van der Waals surface area contributed by atoms with Gasteiger partial charge in [-0.15, -0.1) is 0 Å². The van der Waals surface area contributed by atoms with Crippen LogP contribution in [0.5, 0.6) is 0 Å². The maximum absolute atomic E-state index is 14.2.